The molecule has 0 radical (unpaired) electrons. The van der Waals surface area contributed by atoms with E-state index in [-0.39, 0.29) is 18.2 Å². The zero-order valence-electron chi connectivity index (χ0n) is 16.3. The first kappa shape index (κ1) is 19.1. The number of aryl methyl sites for hydroxylation is 1. The van der Waals surface area contributed by atoms with Gasteiger partial charge < -0.3 is 19.9 Å². The van der Waals surface area contributed by atoms with Crippen LogP contribution < -0.4 is 10.6 Å². The number of ether oxygens (including phenoxy) is 1. The number of hydrogen-bond donors (Lipinski definition) is 2. The highest BCUT2D eigenvalue weighted by molar-refractivity contribution is 5.74. The lowest BCUT2D eigenvalue weighted by Crippen LogP contribution is -2.44. The Hall–Kier alpha value is -3.26. The van der Waals surface area contributed by atoms with Gasteiger partial charge in [-0.3, -0.25) is 9.97 Å². The SMILES string of the molecule is Cc1cncc(CCNC(=O)N[C@H]2CCO[C@@H]2c2nccn2-c2ccccc2)n1. The number of nitrogens with zero attached hydrogens (tertiary/aromatic N) is 4. The molecular weight excluding hydrogens is 368 g/mol. The second-order valence-electron chi connectivity index (χ2n) is 6.98. The van der Waals surface area contributed by atoms with Gasteiger partial charge in [-0.1, -0.05) is 18.2 Å². The van der Waals surface area contributed by atoms with Crippen LogP contribution >= 0.6 is 0 Å². The molecule has 0 saturated carbocycles. The fourth-order valence-corrected chi connectivity index (χ4v) is 3.48. The maximum absolute atomic E-state index is 12.4. The van der Waals surface area contributed by atoms with E-state index in [1.807, 2.05) is 48.0 Å². The smallest absolute Gasteiger partial charge is 0.315 e. The number of carbonyl (C=O) groups excluding carboxylic acids is 1. The summed E-state index contributed by atoms with van der Waals surface area (Å²) in [6.45, 7) is 2.97. The molecule has 0 bridgehead atoms. The maximum Gasteiger partial charge on any atom is 0.315 e. The zero-order valence-corrected chi connectivity index (χ0v) is 16.3. The van der Waals surface area contributed by atoms with Crippen LogP contribution in [-0.2, 0) is 11.2 Å². The molecule has 8 heteroatoms. The minimum absolute atomic E-state index is 0.140. The normalized spacial score (nSPS) is 18.5. The second-order valence-corrected chi connectivity index (χ2v) is 6.98. The standard InChI is InChI=1S/C21H24N6O2/c1-15-13-22-14-16(25-15)7-9-24-21(28)26-18-8-12-29-19(18)20-23-10-11-27(20)17-5-3-2-4-6-17/h2-6,10-11,13-14,18-19H,7-9,12H2,1H3,(H2,24,26,28)/t18-,19-/m0/s1. The largest absolute Gasteiger partial charge is 0.368 e. The summed E-state index contributed by atoms with van der Waals surface area (Å²) >= 11 is 0. The Morgan fingerprint density at radius 2 is 2.14 bits per heavy atom. The van der Waals surface area contributed by atoms with Crippen molar-refractivity contribution in [2.24, 2.45) is 0 Å². The monoisotopic (exact) mass is 392 g/mol. The van der Waals surface area contributed by atoms with Gasteiger partial charge in [-0.2, -0.15) is 0 Å². The van der Waals surface area contributed by atoms with E-state index in [1.54, 1.807) is 18.6 Å². The van der Waals surface area contributed by atoms with Gasteiger partial charge in [0.25, 0.3) is 0 Å². The Bertz CT molecular complexity index is 959. The molecule has 1 fully saturated rings. The molecule has 1 saturated heterocycles. The van der Waals surface area contributed by atoms with Crippen LogP contribution in [0.5, 0.6) is 0 Å². The molecule has 0 spiro atoms. The number of nitrogens with one attached hydrogen (secondary N) is 2. The molecule has 1 aliphatic rings. The Morgan fingerprint density at radius 3 is 2.97 bits per heavy atom. The van der Waals surface area contributed by atoms with Crippen molar-refractivity contribution in [2.75, 3.05) is 13.2 Å². The summed E-state index contributed by atoms with van der Waals surface area (Å²) in [5, 5.41) is 5.92. The number of hydrogen-bond acceptors (Lipinski definition) is 5. The van der Waals surface area contributed by atoms with E-state index in [1.165, 1.54) is 0 Å². The quantitative estimate of drug-likeness (QED) is 0.672. The van der Waals surface area contributed by atoms with Gasteiger partial charge in [-0.15, -0.1) is 0 Å². The summed E-state index contributed by atoms with van der Waals surface area (Å²) in [5.74, 6) is 0.786. The highest BCUT2D eigenvalue weighted by Gasteiger charge is 2.34. The van der Waals surface area contributed by atoms with E-state index in [2.05, 4.69) is 25.6 Å². The lowest BCUT2D eigenvalue weighted by atomic mass is 10.1. The summed E-state index contributed by atoms with van der Waals surface area (Å²) < 4.78 is 7.91. The van der Waals surface area contributed by atoms with Crippen LogP contribution in [0.25, 0.3) is 5.69 Å². The molecule has 2 atom stereocenters. The molecule has 4 rings (SSSR count). The third kappa shape index (κ3) is 4.60. The molecule has 2 amide bonds. The van der Waals surface area contributed by atoms with Crippen molar-refractivity contribution in [3.8, 4) is 5.69 Å². The molecule has 150 valence electrons. The van der Waals surface area contributed by atoms with Gasteiger partial charge in [0.15, 0.2) is 0 Å². The van der Waals surface area contributed by atoms with Crippen molar-refractivity contribution in [3.05, 3.63) is 72.3 Å². The number of imidazole rings is 1. The Morgan fingerprint density at radius 1 is 1.28 bits per heavy atom. The predicted octanol–water partition coefficient (Wildman–Crippen LogP) is 2.34. The van der Waals surface area contributed by atoms with Crippen LogP contribution in [0.15, 0.2) is 55.1 Å². The van der Waals surface area contributed by atoms with Gasteiger partial charge in [0, 0.05) is 50.0 Å². The van der Waals surface area contributed by atoms with Gasteiger partial charge >= 0.3 is 6.03 Å². The molecule has 2 N–H and O–H groups in total. The molecule has 2 aromatic heterocycles. The van der Waals surface area contributed by atoms with Crippen molar-refractivity contribution < 1.29 is 9.53 Å². The van der Waals surface area contributed by atoms with Gasteiger partial charge in [-0.05, 0) is 25.5 Å². The van der Waals surface area contributed by atoms with Crippen LogP contribution in [0, 0.1) is 6.92 Å². The third-order valence-corrected chi connectivity index (χ3v) is 4.84. The van der Waals surface area contributed by atoms with Crippen molar-refractivity contribution in [3.63, 3.8) is 0 Å². The van der Waals surface area contributed by atoms with Crippen molar-refractivity contribution in [1.29, 1.82) is 0 Å². The van der Waals surface area contributed by atoms with Gasteiger partial charge in [0.05, 0.1) is 17.4 Å². The molecule has 3 heterocycles. The third-order valence-electron chi connectivity index (χ3n) is 4.84. The number of para-hydroxylation sites is 1. The maximum atomic E-state index is 12.4. The zero-order chi connectivity index (χ0) is 20.1. The molecule has 1 aromatic carbocycles. The van der Waals surface area contributed by atoms with E-state index in [0.29, 0.717) is 19.6 Å². The first-order valence-electron chi connectivity index (χ1n) is 9.73. The summed E-state index contributed by atoms with van der Waals surface area (Å²) in [6, 6.07) is 9.62. The van der Waals surface area contributed by atoms with Crippen LogP contribution in [0.1, 0.15) is 29.7 Å². The second kappa shape index (κ2) is 8.83. The summed E-state index contributed by atoms with van der Waals surface area (Å²) in [6.07, 6.45) is 8.17. The van der Waals surface area contributed by atoms with Crippen LogP contribution in [0.3, 0.4) is 0 Å². The number of urea groups is 1. The highest BCUT2D eigenvalue weighted by atomic mass is 16.5. The van der Waals surface area contributed by atoms with Crippen LogP contribution in [-0.4, -0.2) is 44.7 Å². The highest BCUT2D eigenvalue weighted by Crippen LogP contribution is 2.29. The lowest BCUT2D eigenvalue weighted by molar-refractivity contribution is 0.0919. The van der Waals surface area contributed by atoms with Gasteiger partial charge in [-0.25, -0.2) is 9.78 Å². The van der Waals surface area contributed by atoms with E-state index in [9.17, 15) is 4.79 Å². The topological polar surface area (TPSA) is 94.0 Å². The summed E-state index contributed by atoms with van der Waals surface area (Å²) in [5.41, 5.74) is 2.74. The van der Waals surface area contributed by atoms with Crippen LogP contribution in [0.2, 0.25) is 0 Å². The Labute approximate surface area is 169 Å². The number of amides is 2. The number of rotatable bonds is 6. The minimum Gasteiger partial charge on any atom is -0.368 e. The summed E-state index contributed by atoms with van der Waals surface area (Å²) in [4.78, 5) is 25.4. The molecule has 8 nitrogen and oxygen atoms in total. The number of benzene rings is 1. The fourth-order valence-electron chi connectivity index (χ4n) is 3.48. The average molecular weight is 392 g/mol. The molecule has 3 aromatic rings. The van der Waals surface area contributed by atoms with Crippen molar-refractivity contribution >= 4 is 6.03 Å². The summed E-state index contributed by atoms with van der Waals surface area (Å²) in [7, 11) is 0. The van der Waals surface area contributed by atoms with E-state index >= 15 is 0 Å². The molecule has 0 aliphatic carbocycles. The van der Waals surface area contributed by atoms with E-state index in [4.69, 9.17) is 4.74 Å². The molecular formula is C21H24N6O2. The fraction of sp³-hybridized carbons (Fsp3) is 0.333. The van der Waals surface area contributed by atoms with E-state index < -0.39 is 0 Å². The Balaban J connectivity index is 1.36. The van der Waals surface area contributed by atoms with E-state index in [0.717, 1.165) is 29.3 Å². The molecule has 1 aliphatic heterocycles. The number of carbonyl (C=O) groups is 1. The average Bonchev–Trinajstić information content (AvgIpc) is 3.38. The van der Waals surface area contributed by atoms with Crippen molar-refractivity contribution in [2.45, 2.75) is 31.9 Å². The number of aromatic nitrogens is 4. The predicted molar refractivity (Wildman–Crippen MR) is 108 cm³/mol. The first-order chi connectivity index (χ1) is 14.2. The molecule has 0 unspecified atom stereocenters. The van der Waals surface area contributed by atoms with Gasteiger partial charge in [0.2, 0.25) is 0 Å². The molecule has 29 heavy (non-hydrogen) atoms. The minimum atomic E-state index is -0.293. The van der Waals surface area contributed by atoms with Crippen LogP contribution in [0.4, 0.5) is 4.79 Å². The van der Waals surface area contributed by atoms with Gasteiger partial charge in [0.1, 0.15) is 11.9 Å². The lowest BCUT2D eigenvalue weighted by Gasteiger charge is -2.21. The van der Waals surface area contributed by atoms with Crippen molar-refractivity contribution in [1.82, 2.24) is 30.2 Å². The first-order valence-corrected chi connectivity index (χ1v) is 9.73. The Kier molecular flexibility index (Phi) is 5.81.